The molecular formula is C35H48N4O3. The monoisotopic (exact) mass is 572 g/mol. The topological polar surface area (TPSA) is 106 Å². The SMILES string of the molecule is CCCCCCCCNC(=O)[C@H](Cc1ccc(OCc2ccc3ccccc3n2)cc1)NC(=O)C1CCC(CN)CC1. The molecule has 226 valence electrons. The molecule has 3 aromatic rings. The van der Waals surface area contributed by atoms with E-state index in [1.54, 1.807) is 0 Å². The van der Waals surface area contributed by atoms with E-state index < -0.39 is 6.04 Å². The van der Waals surface area contributed by atoms with E-state index in [1.807, 2.05) is 54.6 Å². The number of hydrogen-bond donors (Lipinski definition) is 3. The van der Waals surface area contributed by atoms with E-state index in [2.05, 4.69) is 28.6 Å². The lowest BCUT2D eigenvalue weighted by Crippen LogP contribution is -2.50. The van der Waals surface area contributed by atoms with Crippen LogP contribution in [0.4, 0.5) is 0 Å². The molecule has 1 aliphatic carbocycles. The minimum absolute atomic E-state index is 0.0203. The van der Waals surface area contributed by atoms with Gasteiger partial charge in [-0.15, -0.1) is 0 Å². The van der Waals surface area contributed by atoms with Gasteiger partial charge < -0.3 is 21.1 Å². The van der Waals surface area contributed by atoms with Crippen molar-refractivity contribution < 1.29 is 14.3 Å². The number of aromatic nitrogens is 1. The summed E-state index contributed by atoms with van der Waals surface area (Å²) in [5.41, 5.74) is 8.62. The van der Waals surface area contributed by atoms with Crippen molar-refractivity contribution in [1.82, 2.24) is 15.6 Å². The first-order valence-electron chi connectivity index (χ1n) is 15.9. The molecule has 2 amide bonds. The van der Waals surface area contributed by atoms with Crippen molar-refractivity contribution in [3.05, 3.63) is 71.9 Å². The van der Waals surface area contributed by atoms with Gasteiger partial charge in [0.2, 0.25) is 11.8 Å². The first-order chi connectivity index (χ1) is 20.6. The minimum Gasteiger partial charge on any atom is -0.487 e. The zero-order valence-corrected chi connectivity index (χ0v) is 25.2. The predicted molar refractivity (Wildman–Crippen MR) is 169 cm³/mol. The Labute approximate surface area is 251 Å². The highest BCUT2D eigenvalue weighted by atomic mass is 16.5. The van der Waals surface area contributed by atoms with Crippen LogP contribution >= 0.6 is 0 Å². The minimum atomic E-state index is -0.613. The molecule has 1 aromatic heterocycles. The fourth-order valence-electron chi connectivity index (χ4n) is 5.70. The van der Waals surface area contributed by atoms with Crippen LogP contribution in [0.1, 0.15) is 82.4 Å². The van der Waals surface area contributed by atoms with Crippen LogP contribution in [0.25, 0.3) is 10.9 Å². The Balaban J connectivity index is 1.32. The average Bonchev–Trinajstić information content (AvgIpc) is 3.03. The van der Waals surface area contributed by atoms with Gasteiger partial charge in [0.25, 0.3) is 0 Å². The molecule has 4 N–H and O–H groups in total. The van der Waals surface area contributed by atoms with Crippen LogP contribution in [0.5, 0.6) is 5.75 Å². The molecule has 0 radical (unpaired) electrons. The van der Waals surface area contributed by atoms with Gasteiger partial charge in [-0.3, -0.25) is 9.59 Å². The Morgan fingerprint density at radius 3 is 2.43 bits per heavy atom. The third-order valence-electron chi connectivity index (χ3n) is 8.42. The number of nitrogens with one attached hydrogen (secondary N) is 2. The van der Waals surface area contributed by atoms with Crippen molar-refractivity contribution in [1.29, 1.82) is 0 Å². The standard InChI is InChI=1S/C35H48N4O3/c1-2-3-4-5-6-9-22-37-35(41)33(39-34(40)29-16-12-27(24-36)13-17-29)23-26-14-20-31(21-15-26)42-25-30-19-18-28-10-7-8-11-32(28)38-30/h7-8,10-11,14-15,18-21,27,29,33H,2-6,9,12-13,16-17,22-25,36H2,1H3,(H,37,41)(H,39,40)/t27?,29?,33-/m0/s1. The molecule has 0 saturated heterocycles. The highest BCUT2D eigenvalue weighted by Crippen LogP contribution is 2.28. The fraction of sp³-hybridized carbons (Fsp3) is 0.514. The molecule has 4 rings (SSSR count). The van der Waals surface area contributed by atoms with Crippen LogP contribution < -0.4 is 21.1 Å². The second kappa shape index (κ2) is 16.9. The number of ether oxygens (including phenoxy) is 1. The number of carbonyl (C=O) groups excluding carboxylic acids is 2. The molecule has 1 heterocycles. The number of amides is 2. The van der Waals surface area contributed by atoms with E-state index in [0.717, 1.165) is 66.4 Å². The lowest BCUT2D eigenvalue weighted by molar-refractivity contribution is -0.131. The Kier molecular flexibility index (Phi) is 12.6. The molecule has 42 heavy (non-hydrogen) atoms. The van der Waals surface area contributed by atoms with Crippen LogP contribution in [0.3, 0.4) is 0 Å². The number of rotatable bonds is 16. The third-order valence-corrected chi connectivity index (χ3v) is 8.42. The van der Waals surface area contributed by atoms with Gasteiger partial charge in [0.15, 0.2) is 0 Å². The van der Waals surface area contributed by atoms with Crippen LogP contribution in [-0.4, -0.2) is 35.9 Å². The second-order valence-electron chi connectivity index (χ2n) is 11.7. The van der Waals surface area contributed by atoms with E-state index in [1.165, 1.54) is 25.7 Å². The summed E-state index contributed by atoms with van der Waals surface area (Å²) in [6, 6.07) is 19.2. The molecule has 1 aliphatic rings. The number of para-hydroxylation sites is 1. The maximum atomic E-state index is 13.2. The van der Waals surface area contributed by atoms with Gasteiger partial charge >= 0.3 is 0 Å². The molecule has 1 fully saturated rings. The van der Waals surface area contributed by atoms with Gasteiger partial charge in [0.05, 0.1) is 11.2 Å². The number of nitrogens with zero attached hydrogens (tertiary/aromatic N) is 1. The van der Waals surface area contributed by atoms with E-state index in [0.29, 0.717) is 32.0 Å². The second-order valence-corrected chi connectivity index (χ2v) is 11.7. The van der Waals surface area contributed by atoms with Crippen molar-refractivity contribution in [2.24, 2.45) is 17.6 Å². The highest BCUT2D eigenvalue weighted by Gasteiger charge is 2.29. The number of fused-ring (bicyclic) bond motifs is 1. The number of pyridine rings is 1. The summed E-state index contributed by atoms with van der Waals surface area (Å²) in [6.07, 6.45) is 11.0. The van der Waals surface area contributed by atoms with Crippen molar-refractivity contribution in [2.45, 2.75) is 90.2 Å². The number of benzene rings is 2. The van der Waals surface area contributed by atoms with Crippen molar-refractivity contribution in [3.8, 4) is 5.75 Å². The summed E-state index contributed by atoms with van der Waals surface area (Å²) >= 11 is 0. The summed E-state index contributed by atoms with van der Waals surface area (Å²) in [6.45, 7) is 3.89. The van der Waals surface area contributed by atoms with Gasteiger partial charge in [-0.25, -0.2) is 4.98 Å². The number of carbonyl (C=O) groups is 2. The van der Waals surface area contributed by atoms with Crippen molar-refractivity contribution >= 4 is 22.7 Å². The Bertz CT molecular complexity index is 1250. The van der Waals surface area contributed by atoms with E-state index in [9.17, 15) is 9.59 Å². The van der Waals surface area contributed by atoms with Crippen molar-refractivity contribution in [2.75, 3.05) is 13.1 Å². The molecule has 0 bridgehead atoms. The predicted octanol–water partition coefficient (Wildman–Crippen LogP) is 6.08. The molecular weight excluding hydrogens is 524 g/mol. The largest absolute Gasteiger partial charge is 0.487 e. The maximum Gasteiger partial charge on any atom is 0.242 e. The van der Waals surface area contributed by atoms with Crippen molar-refractivity contribution in [3.63, 3.8) is 0 Å². The summed E-state index contributed by atoms with van der Waals surface area (Å²) in [7, 11) is 0. The van der Waals surface area contributed by atoms with E-state index >= 15 is 0 Å². The molecule has 1 saturated carbocycles. The summed E-state index contributed by atoms with van der Waals surface area (Å²) in [4.78, 5) is 31.1. The fourth-order valence-corrected chi connectivity index (χ4v) is 5.70. The highest BCUT2D eigenvalue weighted by molar-refractivity contribution is 5.88. The molecule has 1 atom stereocenters. The number of unbranched alkanes of at least 4 members (excludes halogenated alkanes) is 5. The van der Waals surface area contributed by atoms with E-state index in [-0.39, 0.29) is 17.7 Å². The number of hydrogen-bond acceptors (Lipinski definition) is 5. The zero-order chi connectivity index (χ0) is 29.6. The Morgan fingerprint density at radius 2 is 1.67 bits per heavy atom. The lowest BCUT2D eigenvalue weighted by Gasteiger charge is -2.28. The van der Waals surface area contributed by atoms with Gasteiger partial charge in [-0.2, -0.15) is 0 Å². The normalized spacial score (nSPS) is 17.5. The molecule has 0 spiro atoms. The summed E-state index contributed by atoms with van der Waals surface area (Å²) < 4.78 is 5.99. The first-order valence-corrected chi connectivity index (χ1v) is 15.9. The van der Waals surface area contributed by atoms with Crippen LogP contribution in [0.2, 0.25) is 0 Å². The van der Waals surface area contributed by atoms with Gasteiger partial charge in [0.1, 0.15) is 18.4 Å². The quantitative estimate of drug-likeness (QED) is 0.180. The van der Waals surface area contributed by atoms with Gasteiger partial charge in [-0.1, -0.05) is 75.4 Å². The molecule has 2 aromatic carbocycles. The van der Waals surface area contributed by atoms with Crippen LogP contribution in [0.15, 0.2) is 60.7 Å². The van der Waals surface area contributed by atoms with E-state index in [4.69, 9.17) is 10.5 Å². The summed E-state index contributed by atoms with van der Waals surface area (Å²) in [5.74, 6) is 1.05. The third kappa shape index (κ3) is 9.83. The van der Waals surface area contributed by atoms with Crippen LogP contribution in [-0.2, 0) is 22.6 Å². The van der Waals surface area contributed by atoms with Gasteiger partial charge in [0, 0.05) is 24.3 Å². The Hall–Kier alpha value is -3.45. The Morgan fingerprint density at radius 1 is 0.929 bits per heavy atom. The summed E-state index contributed by atoms with van der Waals surface area (Å²) in [5, 5.41) is 7.27. The van der Waals surface area contributed by atoms with Gasteiger partial charge in [-0.05, 0) is 74.4 Å². The van der Waals surface area contributed by atoms with Crippen LogP contribution in [0, 0.1) is 11.8 Å². The lowest BCUT2D eigenvalue weighted by atomic mass is 9.81. The maximum absolute atomic E-state index is 13.2. The molecule has 0 aliphatic heterocycles. The zero-order valence-electron chi connectivity index (χ0n) is 25.2. The molecule has 7 nitrogen and oxygen atoms in total. The first kappa shape index (κ1) is 31.5. The molecule has 7 heteroatoms. The molecule has 0 unspecified atom stereocenters. The number of nitrogens with two attached hydrogens (primary N) is 1. The smallest absolute Gasteiger partial charge is 0.242 e. The average molecular weight is 573 g/mol.